The Morgan fingerprint density at radius 2 is 2.12 bits per heavy atom. The summed E-state index contributed by atoms with van der Waals surface area (Å²) >= 11 is 0. The Balaban J connectivity index is 2.86. The van der Waals surface area contributed by atoms with Crippen LogP contribution < -0.4 is 5.32 Å². The first-order valence-electron chi connectivity index (χ1n) is 5.35. The van der Waals surface area contributed by atoms with Crippen molar-refractivity contribution in [2.24, 2.45) is 5.92 Å². The van der Waals surface area contributed by atoms with Crippen molar-refractivity contribution in [2.75, 3.05) is 6.61 Å². The molecule has 0 aromatic heterocycles. The predicted octanol–water partition coefficient (Wildman–Crippen LogP) is 1.34. The lowest BCUT2D eigenvalue weighted by molar-refractivity contribution is -0.125. The predicted molar refractivity (Wildman–Crippen MR) is 60.9 cm³/mol. The zero-order chi connectivity index (χ0) is 13.0. The molecule has 0 saturated carbocycles. The molecule has 4 nitrogen and oxygen atoms in total. The molecule has 1 aromatic carbocycles. The molecule has 0 aliphatic heterocycles. The summed E-state index contributed by atoms with van der Waals surface area (Å²) < 4.78 is 12.9. The summed E-state index contributed by atoms with van der Waals surface area (Å²) in [5.74, 6) is -1.66. The van der Waals surface area contributed by atoms with Gasteiger partial charge in [-0.05, 0) is 17.7 Å². The zero-order valence-electron chi connectivity index (χ0n) is 9.77. The molecule has 1 amide bonds. The van der Waals surface area contributed by atoms with Crippen LogP contribution in [0.1, 0.15) is 25.5 Å². The van der Waals surface area contributed by atoms with Crippen molar-refractivity contribution in [2.45, 2.75) is 19.9 Å². The Morgan fingerprint density at radius 3 is 2.59 bits per heavy atom. The number of nitrogens with one attached hydrogen (secondary N) is 1. The maximum Gasteiger partial charge on any atom is 0.223 e. The number of carbonyl (C=O) groups is 1. The molecule has 1 aromatic rings. The molecule has 0 aliphatic rings. The first-order chi connectivity index (χ1) is 7.95. The van der Waals surface area contributed by atoms with Gasteiger partial charge in [-0.15, -0.1) is 0 Å². The van der Waals surface area contributed by atoms with E-state index in [9.17, 15) is 19.4 Å². The van der Waals surface area contributed by atoms with E-state index in [0.29, 0.717) is 5.56 Å². The quantitative estimate of drug-likeness (QED) is 0.745. The third-order valence-electron chi connectivity index (χ3n) is 2.40. The third-order valence-corrected chi connectivity index (χ3v) is 2.40. The van der Waals surface area contributed by atoms with Crippen LogP contribution in [-0.2, 0) is 4.79 Å². The molecule has 1 rings (SSSR count). The number of aliphatic hydroxyl groups excluding tert-OH is 1. The molecular formula is C12H16FNO3. The first kappa shape index (κ1) is 13.4. The smallest absolute Gasteiger partial charge is 0.223 e. The van der Waals surface area contributed by atoms with E-state index in [4.69, 9.17) is 0 Å². The summed E-state index contributed by atoms with van der Waals surface area (Å²) in [6.45, 7) is 3.14. The van der Waals surface area contributed by atoms with Gasteiger partial charge in [0.1, 0.15) is 0 Å². The van der Waals surface area contributed by atoms with Gasteiger partial charge in [0, 0.05) is 5.92 Å². The van der Waals surface area contributed by atoms with Gasteiger partial charge in [-0.1, -0.05) is 19.9 Å². The first-order valence-corrected chi connectivity index (χ1v) is 5.35. The van der Waals surface area contributed by atoms with E-state index in [1.165, 1.54) is 12.1 Å². The van der Waals surface area contributed by atoms with Crippen LogP contribution in [0.5, 0.6) is 5.75 Å². The average molecular weight is 241 g/mol. The molecule has 0 unspecified atom stereocenters. The zero-order valence-corrected chi connectivity index (χ0v) is 9.77. The lowest BCUT2D eigenvalue weighted by Crippen LogP contribution is -2.33. The number of halogens is 1. The normalized spacial score (nSPS) is 12.5. The number of rotatable bonds is 4. The highest BCUT2D eigenvalue weighted by molar-refractivity contribution is 5.78. The van der Waals surface area contributed by atoms with E-state index in [1.54, 1.807) is 13.8 Å². The molecule has 0 bridgehead atoms. The van der Waals surface area contributed by atoms with Gasteiger partial charge in [-0.3, -0.25) is 4.79 Å². The molecular weight excluding hydrogens is 225 g/mol. The highest BCUT2D eigenvalue weighted by Crippen LogP contribution is 2.21. The Hall–Kier alpha value is -1.62. The van der Waals surface area contributed by atoms with Gasteiger partial charge in [0.25, 0.3) is 0 Å². The number of phenolic OH excluding ortho intramolecular Hbond substituents is 1. The molecule has 94 valence electrons. The molecule has 1 atom stereocenters. The van der Waals surface area contributed by atoms with Crippen molar-refractivity contribution < 1.29 is 19.4 Å². The van der Waals surface area contributed by atoms with Crippen LogP contribution in [0.15, 0.2) is 18.2 Å². The van der Waals surface area contributed by atoms with Gasteiger partial charge >= 0.3 is 0 Å². The monoisotopic (exact) mass is 241 g/mol. The maximum absolute atomic E-state index is 12.9. The van der Waals surface area contributed by atoms with Crippen molar-refractivity contribution in [3.8, 4) is 5.75 Å². The van der Waals surface area contributed by atoms with Crippen molar-refractivity contribution in [3.05, 3.63) is 29.6 Å². The number of aromatic hydroxyl groups is 1. The molecule has 0 fully saturated rings. The Bertz CT molecular complexity index is 407. The van der Waals surface area contributed by atoms with Crippen molar-refractivity contribution in [1.29, 1.82) is 0 Å². The van der Waals surface area contributed by atoms with Crippen LogP contribution in [0.2, 0.25) is 0 Å². The van der Waals surface area contributed by atoms with E-state index in [0.717, 1.165) is 6.07 Å². The van der Waals surface area contributed by atoms with E-state index >= 15 is 0 Å². The van der Waals surface area contributed by atoms with Crippen LogP contribution in [-0.4, -0.2) is 22.7 Å². The Kier molecular flexibility index (Phi) is 4.45. The van der Waals surface area contributed by atoms with E-state index < -0.39 is 17.6 Å². The molecule has 5 heteroatoms. The Labute approximate surface area is 99.1 Å². The number of hydrogen-bond acceptors (Lipinski definition) is 3. The second-order valence-corrected chi connectivity index (χ2v) is 4.11. The van der Waals surface area contributed by atoms with Crippen molar-refractivity contribution >= 4 is 5.91 Å². The molecule has 0 aliphatic carbocycles. The van der Waals surface area contributed by atoms with Gasteiger partial charge in [-0.25, -0.2) is 4.39 Å². The van der Waals surface area contributed by atoms with Gasteiger partial charge in [0.15, 0.2) is 11.6 Å². The van der Waals surface area contributed by atoms with Gasteiger partial charge < -0.3 is 15.5 Å². The number of hydrogen-bond donors (Lipinski definition) is 3. The summed E-state index contributed by atoms with van der Waals surface area (Å²) in [6.07, 6.45) is 0. The molecule has 17 heavy (non-hydrogen) atoms. The second kappa shape index (κ2) is 5.63. The molecule has 0 radical (unpaired) electrons. The third kappa shape index (κ3) is 3.42. The number of benzene rings is 1. The number of amides is 1. The lowest BCUT2D eigenvalue weighted by Gasteiger charge is -2.18. The number of aliphatic hydroxyl groups is 1. The molecule has 0 saturated heterocycles. The van der Waals surface area contributed by atoms with E-state index in [2.05, 4.69) is 5.32 Å². The summed E-state index contributed by atoms with van der Waals surface area (Å²) in [5.41, 5.74) is 0.459. The summed E-state index contributed by atoms with van der Waals surface area (Å²) in [7, 11) is 0. The van der Waals surface area contributed by atoms with Crippen LogP contribution in [0.4, 0.5) is 4.39 Å². The van der Waals surface area contributed by atoms with Crippen LogP contribution in [0.3, 0.4) is 0 Å². The van der Waals surface area contributed by atoms with Crippen molar-refractivity contribution in [3.63, 3.8) is 0 Å². The lowest BCUT2D eigenvalue weighted by atomic mass is 10.1. The average Bonchev–Trinajstić information content (AvgIpc) is 2.29. The largest absolute Gasteiger partial charge is 0.505 e. The summed E-state index contributed by atoms with van der Waals surface area (Å²) in [5, 5.41) is 21.0. The second-order valence-electron chi connectivity index (χ2n) is 4.11. The number of carbonyl (C=O) groups excluding carboxylic acids is 1. The maximum atomic E-state index is 12.9. The van der Waals surface area contributed by atoms with Crippen LogP contribution >= 0.6 is 0 Å². The van der Waals surface area contributed by atoms with Gasteiger partial charge in [0.2, 0.25) is 5.91 Å². The van der Waals surface area contributed by atoms with E-state index in [1.807, 2.05) is 0 Å². The van der Waals surface area contributed by atoms with Crippen molar-refractivity contribution in [1.82, 2.24) is 5.32 Å². The minimum atomic E-state index is -0.736. The topological polar surface area (TPSA) is 69.6 Å². The van der Waals surface area contributed by atoms with Crippen LogP contribution in [0, 0.1) is 11.7 Å². The van der Waals surface area contributed by atoms with E-state index in [-0.39, 0.29) is 18.4 Å². The fourth-order valence-electron chi connectivity index (χ4n) is 1.32. The SMILES string of the molecule is CC(C)C(=O)N[C@H](CO)c1ccc(F)c(O)c1. The minimum absolute atomic E-state index is 0.210. The highest BCUT2D eigenvalue weighted by atomic mass is 19.1. The fourth-order valence-corrected chi connectivity index (χ4v) is 1.32. The highest BCUT2D eigenvalue weighted by Gasteiger charge is 2.16. The minimum Gasteiger partial charge on any atom is -0.505 e. The summed E-state index contributed by atoms with van der Waals surface area (Å²) in [4.78, 5) is 11.5. The van der Waals surface area contributed by atoms with Gasteiger partial charge in [0.05, 0.1) is 12.6 Å². The number of phenols is 1. The fraction of sp³-hybridized carbons (Fsp3) is 0.417. The molecule has 0 spiro atoms. The van der Waals surface area contributed by atoms with Gasteiger partial charge in [-0.2, -0.15) is 0 Å². The standard InChI is InChI=1S/C12H16FNO3/c1-7(2)12(17)14-10(6-15)8-3-4-9(13)11(16)5-8/h3-5,7,10,15-16H,6H2,1-2H3,(H,14,17)/t10-/m1/s1. The Morgan fingerprint density at radius 1 is 1.47 bits per heavy atom. The molecule has 3 N–H and O–H groups in total. The summed E-state index contributed by atoms with van der Waals surface area (Å²) in [6, 6.07) is 3.05. The van der Waals surface area contributed by atoms with Crippen LogP contribution in [0.25, 0.3) is 0 Å². The molecule has 0 heterocycles.